The Morgan fingerprint density at radius 1 is 1.44 bits per heavy atom. The smallest absolute Gasteiger partial charge is 0.216 e. The summed E-state index contributed by atoms with van der Waals surface area (Å²) in [5, 5.41) is 25.7. The van der Waals surface area contributed by atoms with E-state index in [0.29, 0.717) is 18.8 Å². The van der Waals surface area contributed by atoms with Gasteiger partial charge < -0.3 is 15.0 Å². The number of aromatic nitrogens is 4. The van der Waals surface area contributed by atoms with Gasteiger partial charge in [-0.15, -0.1) is 10.2 Å². The number of Topliss-reactive ketones (excluding diaryl/α,β-unsaturated/α-hetero) is 1. The fraction of sp³-hybridized carbons (Fsp3) is 0.312. The first-order valence-electron chi connectivity index (χ1n) is 7.77. The molecule has 1 aromatic carbocycles. The number of nitrogens with zero attached hydrogens (tertiary/aromatic N) is 5. The number of nitrogens with one attached hydrogen (secondary N) is 2. The molecule has 0 spiro atoms. The maximum Gasteiger partial charge on any atom is 0.216 e. The Balaban J connectivity index is 1.93. The number of ether oxygens (including phenoxy) is 1. The van der Waals surface area contributed by atoms with Gasteiger partial charge in [-0.3, -0.25) is 4.79 Å². The average Bonchev–Trinajstić information content (AvgIpc) is 3.17. The molecule has 0 atom stereocenters. The largest absolute Gasteiger partial charge is 0.378 e. The van der Waals surface area contributed by atoms with Crippen molar-refractivity contribution in [3.63, 3.8) is 0 Å². The van der Waals surface area contributed by atoms with Crippen LogP contribution in [0, 0.1) is 11.3 Å². The van der Waals surface area contributed by atoms with Crippen LogP contribution in [0.5, 0.6) is 0 Å². The Morgan fingerprint density at radius 3 is 2.88 bits per heavy atom. The summed E-state index contributed by atoms with van der Waals surface area (Å²) < 4.78 is 5.39. The van der Waals surface area contributed by atoms with E-state index in [4.69, 9.17) is 4.74 Å². The van der Waals surface area contributed by atoms with Crippen LogP contribution in [0.2, 0.25) is 0 Å². The second-order valence-corrected chi connectivity index (χ2v) is 5.44. The van der Waals surface area contributed by atoms with Gasteiger partial charge in [0.2, 0.25) is 5.82 Å². The number of rotatable bonds is 5. The van der Waals surface area contributed by atoms with Crippen LogP contribution in [-0.2, 0) is 4.74 Å². The Kier molecular flexibility index (Phi) is 5.01. The number of benzene rings is 1. The molecule has 1 aromatic heterocycles. The van der Waals surface area contributed by atoms with Crippen LogP contribution in [0.3, 0.4) is 0 Å². The second-order valence-electron chi connectivity index (χ2n) is 5.44. The fourth-order valence-electron chi connectivity index (χ4n) is 2.52. The zero-order chi connectivity index (χ0) is 17.6. The number of carbonyl (C=O) groups excluding carboxylic acids is 1. The highest BCUT2D eigenvalue weighted by atomic mass is 16.5. The van der Waals surface area contributed by atoms with Crippen molar-refractivity contribution in [2.24, 2.45) is 0 Å². The molecular formula is C16H17N7O2. The van der Waals surface area contributed by atoms with E-state index in [2.05, 4.69) is 30.8 Å². The Hall–Kier alpha value is -3.25. The van der Waals surface area contributed by atoms with E-state index in [0.717, 1.165) is 24.5 Å². The van der Waals surface area contributed by atoms with Crippen LogP contribution in [-0.4, -0.2) is 52.7 Å². The Bertz CT molecular complexity index is 818. The summed E-state index contributed by atoms with van der Waals surface area (Å²) in [6.07, 6.45) is 1.51. The lowest BCUT2D eigenvalue weighted by molar-refractivity contribution is 0.101. The lowest BCUT2D eigenvalue weighted by atomic mass is 10.1. The van der Waals surface area contributed by atoms with Crippen LogP contribution in [0.1, 0.15) is 23.1 Å². The van der Waals surface area contributed by atoms with E-state index in [-0.39, 0.29) is 17.2 Å². The van der Waals surface area contributed by atoms with Crippen LogP contribution < -0.4 is 10.2 Å². The molecule has 2 N–H and O–H groups in total. The van der Waals surface area contributed by atoms with Gasteiger partial charge >= 0.3 is 0 Å². The van der Waals surface area contributed by atoms with Crippen molar-refractivity contribution in [1.29, 1.82) is 5.26 Å². The van der Waals surface area contributed by atoms with Crippen LogP contribution in [0.15, 0.2) is 24.4 Å². The van der Waals surface area contributed by atoms with E-state index >= 15 is 0 Å². The van der Waals surface area contributed by atoms with Crippen molar-refractivity contribution in [1.82, 2.24) is 20.6 Å². The van der Waals surface area contributed by atoms with Gasteiger partial charge in [0.15, 0.2) is 5.78 Å². The number of allylic oxidation sites excluding steroid dienone is 1. The topological polar surface area (TPSA) is 120 Å². The predicted octanol–water partition coefficient (Wildman–Crippen LogP) is 1.22. The number of H-pyrrole nitrogens is 1. The van der Waals surface area contributed by atoms with E-state index < -0.39 is 0 Å². The number of carbonyl (C=O) groups is 1. The Labute approximate surface area is 144 Å². The summed E-state index contributed by atoms with van der Waals surface area (Å²) in [6.45, 7) is 4.33. The number of ketones is 1. The molecule has 9 heteroatoms. The summed E-state index contributed by atoms with van der Waals surface area (Å²) in [4.78, 5) is 13.9. The predicted molar refractivity (Wildman–Crippen MR) is 90.9 cm³/mol. The lowest BCUT2D eigenvalue weighted by Gasteiger charge is -2.30. The summed E-state index contributed by atoms with van der Waals surface area (Å²) in [7, 11) is 0. The van der Waals surface area contributed by atoms with E-state index in [1.165, 1.54) is 13.1 Å². The van der Waals surface area contributed by atoms with Crippen molar-refractivity contribution in [3.05, 3.63) is 35.8 Å². The minimum absolute atomic E-state index is 0.0285. The number of anilines is 2. The van der Waals surface area contributed by atoms with Crippen molar-refractivity contribution in [3.8, 4) is 6.07 Å². The molecule has 0 radical (unpaired) electrons. The quantitative estimate of drug-likeness (QED) is 0.616. The van der Waals surface area contributed by atoms with Gasteiger partial charge in [0.1, 0.15) is 11.6 Å². The summed E-state index contributed by atoms with van der Waals surface area (Å²) >= 11 is 0. The van der Waals surface area contributed by atoms with E-state index in [9.17, 15) is 10.1 Å². The van der Waals surface area contributed by atoms with Gasteiger partial charge in [-0.2, -0.15) is 10.5 Å². The van der Waals surface area contributed by atoms with Crippen LogP contribution in [0.25, 0.3) is 5.57 Å². The maximum atomic E-state index is 11.7. The molecule has 2 heterocycles. The van der Waals surface area contributed by atoms with Crippen molar-refractivity contribution in [2.45, 2.75) is 6.92 Å². The molecule has 1 saturated heterocycles. The minimum Gasteiger partial charge on any atom is -0.378 e. The molecule has 0 aliphatic carbocycles. The molecule has 128 valence electrons. The van der Waals surface area contributed by atoms with Gasteiger partial charge in [-0.25, -0.2) is 0 Å². The molecular weight excluding hydrogens is 322 g/mol. The molecule has 0 bridgehead atoms. The molecule has 0 unspecified atom stereocenters. The van der Waals surface area contributed by atoms with Gasteiger partial charge in [-0.05, 0) is 30.3 Å². The molecule has 9 nitrogen and oxygen atoms in total. The third-order valence-electron chi connectivity index (χ3n) is 3.83. The fourth-order valence-corrected chi connectivity index (χ4v) is 2.52. The van der Waals surface area contributed by atoms with E-state index in [1.807, 2.05) is 12.1 Å². The van der Waals surface area contributed by atoms with Gasteiger partial charge in [0, 0.05) is 24.9 Å². The third kappa shape index (κ3) is 3.81. The highest BCUT2D eigenvalue weighted by Gasteiger charge is 2.16. The SMILES string of the molecule is CC(=O)c1ccc(N2CCOCC2)c(NC=C(C#N)c2nn[nH]n2)c1. The number of nitriles is 1. The molecule has 0 amide bonds. The number of morpholine rings is 1. The molecule has 1 aliphatic heterocycles. The first-order chi connectivity index (χ1) is 12.2. The zero-order valence-electron chi connectivity index (χ0n) is 13.7. The maximum absolute atomic E-state index is 11.7. The lowest BCUT2D eigenvalue weighted by Crippen LogP contribution is -2.36. The second kappa shape index (κ2) is 7.55. The number of hydrogen-bond donors (Lipinski definition) is 2. The van der Waals surface area contributed by atoms with Crippen molar-refractivity contribution >= 4 is 22.7 Å². The van der Waals surface area contributed by atoms with Gasteiger partial charge in [0.05, 0.1) is 24.6 Å². The van der Waals surface area contributed by atoms with Crippen molar-refractivity contribution in [2.75, 3.05) is 36.5 Å². The van der Waals surface area contributed by atoms with E-state index in [1.54, 1.807) is 12.1 Å². The normalized spacial score (nSPS) is 14.9. The molecule has 1 aliphatic rings. The third-order valence-corrected chi connectivity index (χ3v) is 3.83. The number of hydrogen-bond acceptors (Lipinski definition) is 8. The molecule has 3 rings (SSSR count). The van der Waals surface area contributed by atoms with Crippen LogP contribution in [0.4, 0.5) is 11.4 Å². The Morgan fingerprint density at radius 2 is 2.24 bits per heavy atom. The highest BCUT2D eigenvalue weighted by molar-refractivity contribution is 5.96. The molecule has 1 fully saturated rings. The monoisotopic (exact) mass is 339 g/mol. The standard InChI is InChI=1S/C16H17N7O2/c1-11(24)12-2-3-15(23-4-6-25-7-5-23)14(8-12)18-10-13(9-17)16-19-21-22-20-16/h2-3,8,10,18H,4-7H2,1H3,(H,19,20,21,22). The van der Waals surface area contributed by atoms with Crippen molar-refractivity contribution < 1.29 is 9.53 Å². The highest BCUT2D eigenvalue weighted by Crippen LogP contribution is 2.29. The molecule has 0 saturated carbocycles. The summed E-state index contributed by atoms with van der Waals surface area (Å²) in [5.41, 5.74) is 2.49. The molecule has 25 heavy (non-hydrogen) atoms. The van der Waals surface area contributed by atoms with Crippen LogP contribution >= 0.6 is 0 Å². The minimum atomic E-state index is -0.0285. The first-order valence-corrected chi connectivity index (χ1v) is 7.77. The summed E-state index contributed by atoms with van der Waals surface area (Å²) in [6, 6.07) is 7.50. The number of aromatic amines is 1. The van der Waals surface area contributed by atoms with Gasteiger partial charge in [0.25, 0.3) is 0 Å². The molecule has 2 aromatic rings. The van der Waals surface area contributed by atoms with Gasteiger partial charge in [-0.1, -0.05) is 0 Å². The summed E-state index contributed by atoms with van der Waals surface area (Å²) in [5.74, 6) is 0.171. The average molecular weight is 339 g/mol. The number of tetrazole rings is 1. The zero-order valence-corrected chi connectivity index (χ0v) is 13.7. The first kappa shape index (κ1) is 16.6.